The van der Waals surface area contributed by atoms with Gasteiger partial charge < -0.3 is 14.6 Å². The minimum atomic E-state index is -4.81. The van der Waals surface area contributed by atoms with E-state index in [1.54, 1.807) is 12.1 Å². The van der Waals surface area contributed by atoms with E-state index in [1.165, 1.54) is 24.3 Å². The molecule has 1 aromatic heterocycles. The number of phenolic OH excluding ortho intramolecular Hbond substituents is 1. The fourth-order valence-corrected chi connectivity index (χ4v) is 3.16. The van der Waals surface area contributed by atoms with Crippen LogP contribution in [-0.2, 0) is 14.3 Å². The number of amides is 1. The van der Waals surface area contributed by atoms with Gasteiger partial charge in [0, 0.05) is 12.1 Å². The number of nitrogens with zero attached hydrogens (tertiary/aromatic N) is 1. The van der Waals surface area contributed by atoms with E-state index in [1.807, 2.05) is 0 Å². The number of halogens is 3. The number of carbonyl (C=O) groups is 2. The number of phenols is 1. The van der Waals surface area contributed by atoms with Crippen molar-refractivity contribution >= 4 is 44.6 Å². The maximum absolute atomic E-state index is 12.3. The summed E-state index contributed by atoms with van der Waals surface area (Å²) in [5.41, 5.74) is 1.02. The van der Waals surface area contributed by atoms with Gasteiger partial charge in [0.25, 0.3) is 5.91 Å². The molecule has 2 aromatic carbocycles. The monoisotopic (exact) mass is 438 g/mol. The number of thiazole rings is 1. The number of carbonyl (C=O) groups excluding carboxylic acids is 2. The molecule has 0 spiro atoms. The number of aromatic hydroxyl groups is 1. The fraction of sp³-hybridized carbons (Fsp3) is 0.105. The van der Waals surface area contributed by atoms with Gasteiger partial charge in [-0.3, -0.25) is 10.1 Å². The zero-order valence-electron chi connectivity index (χ0n) is 15.0. The van der Waals surface area contributed by atoms with E-state index in [9.17, 15) is 27.9 Å². The SMILES string of the molecule is O=C(COC(=O)/C=C/c1ccc(O)cc1)Nc1nc2ccc(OC(F)(F)F)cc2s1. The van der Waals surface area contributed by atoms with Gasteiger partial charge in [-0.05, 0) is 35.9 Å². The maximum Gasteiger partial charge on any atom is 0.573 e. The Balaban J connectivity index is 1.53. The molecular formula is C19H13F3N2O5S. The van der Waals surface area contributed by atoms with E-state index in [4.69, 9.17) is 4.74 Å². The normalized spacial score (nSPS) is 11.6. The predicted molar refractivity (Wildman–Crippen MR) is 103 cm³/mol. The smallest absolute Gasteiger partial charge is 0.508 e. The van der Waals surface area contributed by atoms with Crippen LogP contribution in [-0.4, -0.2) is 34.9 Å². The summed E-state index contributed by atoms with van der Waals surface area (Å²) in [6, 6.07) is 9.68. The molecule has 11 heteroatoms. The van der Waals surface area contributed by atoms with Gasteiger partial charge >= 0.3 is 12.3 Å². The van der Waals surface area contributed by atoms with Gasteiger partial charge in [-0.15, -0.1) is 13.2 Å². The van der Waals surface area contributed by atoms with Crippen molar-refractivity contribution in [3.63, 3.8) is 0 Å². The van der Waals surface area contributed by atoms with Gasteiger partial charge in [-0.1, -0.05) is 23.5 Å². The van der Waals surface area contributed by atoms with Crippen LogP contribution in [0.4, 0.5) is 18.3 Å². The Bertz CT molecular complexity index is 1090. The molecule has 7 nitrogen and oxygen atoms in total. The number of hydrogen-bond donors (Lipinski definition) is 2. The summed E-state index contributed by atoms with van der Waals surface area (Å²) >= 11 is 0.943. The lowest BCUT2D eigenvalue weighted by Crippen LogP contribution is -2.19. The van der Waals surface area contributed by atoms with Crippen LogP contribution in [0.1, 0.15) is 5.56 Å². The minimum Gasteiger partial charge on any atom is -0.508 e. The molecule has 2 N–H and O–H groups in total. The third-order valence-corrected chi connectivity index (χ3v) is 4.42. The maximum atomic E-state index is 12.3. The molecule has 3 aromatic rings. The number of fused-ring (bicyclic) bond motifs is 1. The zero-order chi connectivity index (χ0) is 21.7. The minimum absolute atomic E-state index is 0.0883. The van der Waals surface area contributed by atoms with Crippen LogP contribution in [0.15, 0.2) is 48.5 Å². The van der Waals surface area contributed by atoms with Gasteiger partial charge in [-0.2, -0.15) is 0 Å². The molecule has 0 aliphatic rings. The highest BCUT2D eigenvalue weighted by Crippen LogP contribution is 2.31. The number of anilines is 1. The molecule has 156 valence electrons. The summed E-state index contributed by atoms with van der Waals surface area (Å²) in [6.45, 7) is -0.572. The quantitative estimate of drug-likeness (QED) is 0.444. The number of ether oxygens (including phenoxy) is 2. The first-order valence-corrected chi connectivity index (χ1v) is 9.10. The Morgan fingerprint density at radius 2 is 1.90 bits per heavy atom. The Kier molecular flexibility index (Phi) is 6.21. The predicted octanol–water partition coefficient (Wildman–Crippen LogP) is 4.10. The van der Waals surface area contributed by atoms with E-state index in [2.05, 4.69) is 15.0 Å². The van der Waals surface area contributed by atoms with Crippen LogP contribution in [0.3, 0.4) is 0 Å². The summed E-state index contributed by atoms with van der Waals surface area (Å²) in [6.07, 6.45) is -2.23. The number of nitrogens with one attached hydrogen (secondary N) is 1. The van der Waals surface area contributed by atoms with Crippen LogP contribution >= 0.6 is 11.3 Å². The second-order valence-electron chi connectivity index (χ2n) is 5.78. The number of hydrogen-bond acceptors (Lipinski definition) is 7. The first-order valence-electron chi connectivity index (χ1n) is 8.28. The lowest BCUT2D eigenvalue weighted by Gasteiger charge is -2.07. The van der Waals surface area contributed by atoms with Crippen molar-refractivity contribution in [1.82, 2.24) is 4.98 Å². The molecule has 0 unspecified atom stereocenters. The van der Waals surface area contributed by atoms with Crippen molar-refractivity contribution in [2.24, 2.45) is 0 Å². The summed E-state index contributed by atoms with van der Waals surface area (Å²) in [4.78, 5) is 27.7. The Morgan fingerprint density at radius 3 is 2.60 bits per heavy atom. The van der Waals surface area contributed by atoms with Gasteiger partial charge in [0.15, 0.2) is 11.7 Å². The van der Waals surface area contributed by atoms with Crippen molar-refractivity contribution in [2.75, 3.05) is 11.9 Å². The summed E-state index contributed by atoms with van der Waals surface area (Å²) in [7, 11) is 0. The lowest BCUT2D eigenvalue weighted by molar-refractivity contribution is -0.274. The first-order chi connectivity index (χ1) is 14.2. The largest absolute Gasteiger partial charge is 0.573 e. The topological polar surface area (TPSA) is 97.8 Å². The molecule has 0 saturated heterocycles. The van der Waals surface area contributed by atoms with E-state index < -0.39 is 30.6 Å². The first kappa shape index (κ1) is 21.1. The second kappa shape index (κ2) is 8.82. The van der Waals surface area contributed by atoms with E-state index >= 15 is 0 Å². The average molecular weight is 438 g/mol. The number of rotatable bonds is 6. The molecule has 0 saturated carbocycles. The van der Waals surface area contributed by atoms with Gasteiger partial charge in [0.1, 0.15) is 11.5 Å². The van der Waals surface area contributed by atoms with Crippen molar-refractivity contribution in [1.29, 1.82) is 0 Å². The third kappa shape index (κ3) is 6.21. The van der Waals surface area contributed by atoms with Crippen molar-refractivity contribution < 1.29 is 37.3 Å². The molecule has 0 aliphatic heterocycles. The van der Waals surface area contributed by atoms with Crippen LogP contribution < -0.4 is 10.1 Å². The number of alkyl halides is 3. The number of benzene rings is 2. The summed E-state index contributed by atoms with van der Waals surface area (Å²) in [5.74, 6) is -1.72. The van der Waals surface area contributed by atoms with Crippen LogP contribution in [0.5, 0.6) is 11.5 Å². The van der Waals surface area contributed by atoms with Crippen molar-refractivity contribution in [2.45, 2.75) is 6.36 Å². The highest BCUT2D eigenvalue weighted by atomic mass is 32.1. The highest BCUT2D eigenvalue weighted by molar-refractivity contribution is 7.22. The molecule has 30 heavy (non-hydrogen) atoms. The van der Waals surface area contributed by atoms with Crippen molar-refractivity contribution in [3.8, 4) is 11.5 Å². The van der Waals surface area contributed by atoms with Gasteiger partial charge in [0.2, 0.25) is 0 Å². The Labute approximate surface area is 171 Å². The Morgan fingerprint density at radius 1 is 1.17 bits per heavy atom. The van der Waals surface area contributed by atoms with Gasteiger partial charge in [0.05, 0.1) is 10.2 Å². The highest BCUT2D eigenvalue weighted by Gasteiger charge is 2.31. The van der Waals surface area contributed by atoms with E-state index in [0.717, 1.165) is 29.5 Å². The van der Waals surface area contributed by atoms with Crippen molar-refractivity contribution in [3.05, 3.63) is 54.1 Å². The van der Waals surface area contributed by atoms with E-state index in [-0.39, 0.29) is 10.9 Å². The summed E-state index contributed by atoms with van der Waals surface area (Å²) < 4.78 is 45.9. The van der Waals surface area contributed by atoms with Crippen LogP contribution in [0.25, 0.3) is 16.3 Å². The molecule has 0 aliphatic carbocycles. The lowest BCUT2D eigenvalue weighted by atomic mass is 10.2. The number of aromatic nitrogens is 1. The molecule has 0 fully saturated rings. The van der Waals surface area contributed by atoms with Gasteiger partial charge in [-0.25, -0.2) is 9.78 Å². The second-order valence-corrected chi connectivity index (χ2v) is 6.81. The molecule has 1 heterocycles. The standard InChI is InChI=1S/C19H13F3N2O5S/c20-19(21,22)29-13-6-7-14-15(9-13)30-18(23-14)24-16(26)10-28-17(27)8-3-11-1-4-12(25)5-2-11/h1-9,25H,10H2,(H,23,24,26)/b8-3+. The third-order valence-electron chi connectivity index (χ3n) is 3.49. The molecule has 0 atom stereocenters. The van der Waals surface area contributed by atoms with Crippen LogP contribution in [0, 0.1) is 0 Å². The summed E-state index contributed by atoms with van der Waals surface area (Å²) in [5, 5.41) is 11.7. The fourth-order valence-electron chi connectivity index (χ4n) is 2.25. The number of esters is 1. The molecule has 0 radical (unpaired) electrons. The molecular weight excluding hydrogens is 425 g/mol. The average Bonchev–Trinajstić information content (AvgIpc) is 3.06. The zero-order valence-corrected chi connectivity index (χ0v) is 15.8. The molecule has 3 rings (SSSR count). The molecule has 0 bridgehead atoms. The van der Waals surface area contributed by atoms with Crippen LogP contribution in [0.2, 0.25) is 0 Å². The molecule has 1 amide bonds. The van der Waals surface area contributed by atoms with E-state index in [0.29, 0.717) is 15.8 Å². The Hall–Kier alpha value is -3.60.